The van der Waals surface area contributed by atoms with Gasteiger partial charge in [0.05, 0.1) is 21.3 Å². The number of rotatable bonds is 4. The fourth-order valence-corrected chi connectivity index (χ4v) is 2.48. The summed E-state index contributed by atoms with van der Waals surface area (Å²) >= 11 is 0. The third-order valence-electron chi connectivity index (χ3n) is 2.79. The second-order valence-electron chi connectivity index (χ2n) is 6.19. The molecule has 0 fully saturated rings. The van der Waals surface area contributed by atoms with E-state index in [9.17, 15) is 18.6 Å². The van der Waals surface area contributed by atoms with Crippen molar-refractivity contribution >= 4 is 28.7 Å². The number of amides is 3. The molecule has 1 aromatic rings. The normalized spacial score (nSPS) is 13.5. The lowest BCUT2D eigenvalue weighted by molar-refractivity contribution is -0.127. The van der Waals surface area contributed by atoms with Crippen LogP contribution in [0, 0.1) is 0 Å². The standard InChI is InChI=1S/C16H22N2O5S/c1-10(13(19)17-15(21)18-16(2,3)4)23-14(20)11-8-6-7-9-12(11)24(5)22/h6-10H,1-5H3,(H2,17,18,19,21)/t10-,24-/m0/s1. The van der Waals surface area contributed by atoms with E-state index in [1.165, 1.54) is 19.2 Å². The highest BCUT2D eigenvalue weighted by molar-refractivity contribution is 7.84. The van der Waals surface area contributed by atoms with Crippen LogP contribution in [0.4, 0.5) is 4.79 Å². The second-order valence-corrected chi connectivity index (χ2v) is 7.54. The number of urea groups is 1. The van der Waals surface area contributed by atoms with Crippen LogP contribution in [0.5, 0.6) is 0 Å². The Morgan fingerprint density at radius 1 is 1.17 bits per heavy atom. The predicted octanol–water partition coefficient (Wildman–Crippen LogP) is 1.59. The number of esters is 1. The maximum absolute atomic E-state index is 12.2. The van der Waals surface area contributed by atoms with Crippen LogP contribution in [0.1, 0.15) is 38.1 Å². The van der Waals surface area contributed by atoms with Gasteiger partial charge < -0.3 is 10.1 Å². The summed E-state index contributed by atoms with van der Waals surface area (Å²) in [5, 5.41) is 4.67. The quantitative estimate of drug-likeness (QED) is 0.800. The van der Waals surface area contributed by atoms with Gasteiger partial charge in [-0.2, -0.15) is 0 Å². The molecule has 0 bridgehead atoms. The fourth-order valence-electron chi connectivity index (χ4n) is 1.75. The smallest absolute Gasteiger partial charge is 0.340 e. The van der Waals surface area contributed by atoms with Crippen molar-refractivity contribution < 1.29 is 23.3 Å². The number of carbonyl (C=O) groups is 3. The van der Waals surface area contributed by atoms with E-state index >= 15 is 0 Å². The maximum atomic E-state index is 12.2. The Kier molecular flexibility index (Phi) is 6.65. The summed E-state index contributed by atoms with van der Waals surface area (Å²) in [6.07, 6.45) is 0.264. The highest BCUT2D eigenvalue weighted by Crippen LogP contribution is 2.14. The van der Waals surface area contributed by atoms with Gasteiger partial charge in [-0.25, -0.2) is 9.59 Å². The average molecular weight is 354 g/mol. The first-order valence-corrected chi connectivity index (χ1v) is 8.83. The minimum absolute atomic E-state index is 0.122. The van der Waals surface area contributed by atoms with E-state index in [-0.39, 0.29) is 5.56 Å². The molecule has 2 N–H and O–H groups in total. The van der Waals surface area contributed by atoms with Crippen molar-refractivity contribution in [2.45, 2.75) is 44.2 Å². The van der Waals surface area contributed by atoms with Crippen molar-refractivity contribution in [1.82, 2.24) is 10.6 Å². The molecule has 0 spiro atoms. The SMILES string of the molecule is C[C@H](OC(=O)c1ccccc1[S@](C)=O)C(=O)NC(=O)NC(C)(C)C. The molecule has 0 unspecified atom stereocenters. The minimum atomic E-state index is -1.37. The third kappa shape index (κ3) is 6.11. The molecule has 0 radical (unpaired) electrons. The molecule has 0 saturated heterocycles. The largest absolute Gasteiger partial charge is 0.449 e. The Bertz CT molecular complexity index is 667. The van der Waals surface area contributed by atoms with Crippen molar-refractivity contribution in [2.75, 3.05) is 6.26 Å². The Balaban J connectivity index is 2.72. The molecule has 0 aliphatic heterocycles. The lowest BCUT2D eigenvalue weighted by atomic mass is 10.1. The maximum Gasteiger partial charge on any atom is 0.340 e. The summed E-state index contributed by atoms with van der Waals surface area (Å²) in [5.74, 6) is -1.53. The lowest BCUT2D eigenvalue weighted by Gasteiger charge is -2.21. The molecule has 3 amide bonds. The molecule has 1 rings (SSSR count). The molecular formula is C16H22N2O5S. The van der Waals surface area contributed by atoms with Gasteiger partial charge in [-0.3, -0.25) is 14.3 Å². The molecule has 132 valence electrons. The first kappa shape index (κ1) is 19.8. The van der Waals surface area contributed by atoms with Gasteiger partial charge in [0.2, 0.25) is 0 Å². The van der Waals surface area contributed by atoms with Crippen molar-refractivity contribution in [3.05, 3.63) is 29.8 Å². The van der Waals surface area contributed by atoms with E-state index in [4.69, 9.17) is 4.74 Å². The predicted molar refractivity (Wildman–Crippen MR) is 90.1 cm³/mol. The van der Waals surface area contributed by atoms with E-state index < -0.39 is 40.4 Å². The van der Waals surface area contributed by atoms with E-state index in [1.807, 2.05) is 0 Å². The van der Waals surface area contributed by atoms with Gasteiger partial charge in [0.1, 0.15) is 0 Å². The van der Waals surface area contributed by atoms with Crippen LogP contribution in [-0.4, -0.2) is 40.0 Å². The highest BCUT2D eigenvalue weighted by atomic mass is 32.2. The van der Waals surface area contributed by atoms with Crippen molar-refractivity contribution in [2.24, 2.45) is 0 Å². The Morgan fingerprint density at radius 2 is 1.75 bits per heavy atom. The zero-order chi connectivity index (χ0) is 18.5. The van der Waals surface area contributed by atoms with Crippen LogP contribution in [-0.2, 0) is 20.3 Å². The second kappa shape index (κ2) is 8.05. The molecule has 0 aromatic heterocycles. The van der Waals surface area contributed by atoms with Gasteiger partial charge in [0, 0.05) is 11.8 Å². The van der Waals surface area contributed by atoms with Gasteiger partial charge in [-0.1, -0.05) is 12.1 Å². The van der Waals surface area contributed by atoms with Crippen molar-refractivity contribution in [3.8, 4) is 0 Å². The molecule has 8 heteroatoms. The Labute approximate surface area is 143 Å². The molecule has 24 heavy (non-hydrogen) atoms. The van der Waals surface area contributed by atoms with Gasteiger partial charge in [0.25, 0.3) is 5.91 Å². The summed E-state index contributed by atoms with van der Waals surface area (Å²) in [4.78, 5) is 36.0. The van der Waals surface area contributed by atoms with E-state index in [0.29, 0.717) is 4.90 Å². The molecule has 0 heterocycles. The van der Waals surface area contributed by atoms with Crippen LogP contribution in [0.25, 0.3) is 0 Å². The number of hydrogen-bond acceptors (Lipinski definition) is 5. The lowest BCUT2D eigenvalue weighted by Crippen LogP contribution is -2.50. The Hall–Kier alpha value is -2.22. The molecule has 1 aromatic carbocycles. The highest BCUT2D eigenvalue weighted by Gasteiger charge is 2.24. The fraction of sp³-hybridized carbons (Fsp3) is 0.438. The van der Waals surface area contributed by atoms with Crippen molar-refractivity contribution in [3.63, 3.8) is 0 Å². The monoisotopic (exact) mass is 354 g/mol. The first-order valence-electron chi connectivity index (χ1n) is 7.27. The molecule has 0 saturated carbocycles. The van der Waals surface area contributed by atoms with Crippen LogP contribution in [0.3, 0.4) is 0 Å². The van der Waals surface area contributed by atoms with Crippen LogP contribution in [0.15, 0.2) is 29.2 Å². The van der Waals surface area contributed by atoms with Crippen molar-refractivity contribution in [1.29, 1.82) is 0 Å². The van der Waals surface area contributed by atoms with Gasteiger partial charge in [-0.05, 0) is 39.8 Å². The number of hydrogen-bond donors (Lipinski definition) is 2. The summed E-state index contributed by atoms with van der Waals surface area (Å²) in [6, 6.07) is 5.60. The molecule has 2 atom stereocenters. The number of nitrogens with one attached hydrogen (secondary N) is 2. The zero-order valence-electron chi connectivity index (χ0n) is 14.3. The number of imide groups is 1. The van der Waals surface area contributed by atoms with Gasteiger partial charge in [0.15, 0.2) is 6.10 Å². The van der Waals surface area contributed by atoms with E-state index in [1.54, 1.807) is 39.0 Å². The van der Waals surface area contributed by atoms with E-state index in [0.717, 1.165) is 0 Å². The molecular weight excluding hydrogens is 332 g/mol. The molecule has 7 nitrogen and oxygen atoms in total. The molecule has 0 aliphatic carbocycles. The topological polar surface area (TPSA) is 102 Å². The average Bonchev–Trinajstić information content (AvgIpc) is 2.44. The molecule has 0 aliphatic rings. The van der Waals surface area contributed by atoms with Crippen LogP contribution < -0.4 is 10.6 Å². The van der Waals surface area contributed by atoms with E-state index in [2.05, 4.69) is 10.6 Å². The summed E-state index contributed by atoms with van der Waals surface area (Å²) in [5.41, 5.74) is -0.383. The van der Waals surface area contributed by atoms with Gasteiger partial charge >= 0.3 is 12.0 Å². The van der Waals surface area contributed by atoms with Crippen LogP contribution >= 0.6 is 0 Å². The number of benzene rings is 1. The van der Waals surface area contributed by atoms with Gasteiger partial charge in [-0.15, -0.1) is 0 Å². The minimum Gasteiger partial charge on any atom is -0.449 e. The summed E-state index contributed by atoms with van der Waals surface area (Å²) in [6.45, 7) is 6.65. The summed E-state index contributed by atoms with van der Waals surface area (Å²) < 4.78 is 16.7. The summed E-state index contributed by atoms with van der Waals surface area (Å²) in [7, 11) is -1.37. The first-order chi connectivity index (χ1) is 11.0. The Morgan fingerprint density at radius 3 is 2.29 bits per heavy atom. The van der Waals surface area contributed by atoms with Crippen LogP contribution in [0.2, 0.25) is 0 Å². The third-order valence-corrected chi connectivity index (χ3v) is 3.77. The number of ether oxygens (including phenoxy) is 1. The number of carbonyl (C=O) groups excluding carboxylic acids is 3. The zero-order valence-corrected chi connectivity index (χ0v) is 15.2.